The molecule has 4 rings (SSSR count). The van der Waals surface area contributed by atoms with Gasteiger partial charge in [0.25, 0.3) is 11.8 Å². The first-order chi connectivity index (χ1) is 15.9. The van der Waals surface area contributed by atoms with Crippen LogP contribution in [0, 0.1) is 0 Å². The van der Waals surface area contributed by atoms with Gasteiger partial charge in [0.2, 0.25) is 0 Å². The smallest absolute Gasteiger partial charge is 0.265 e. The molecule has 2 heterocycles. The number of halogens is 1. The first-order valence-corrected chi connectivity index (χ1v) is 11.6. The Balaban J connectivity index is 1.70. The van der Waals surface area contributed by atoms with Crippen molar-refractivity contribution in [3.63, 3.8) is 0 Å². The van der Waals surface area contributed by atoms with Gasteiger partial charge in [0.05, 0.1) is 17.1 Å². The lowest BCUT2D eigenvalue weighted by Crippen LogP contribution is -2.53. The maximum absolute atomic E-state index is 12.9. The molecule has 33 heavy (non-hydrogen) atoms. The number of hydrogen-bond donors (Lipinski definition) is 1. The molecule has 1 aliphatic heterocycles. The Kier molecular flexibility index (Phi) is 6.81. The summed E-state index contributed by atoms with van der Waals surface area (Å²) in [6.45, 7) is 5.29. The molecule has 0 aliphatic carbocycles. The van der Waals surface area contributed by atoms with E-state index in [9.17, 15) is 9.59 Å². The number of carbonyl (C=O) groups excluding carboxylic acids is 2. The van der Waals surface area contributed by atoms with E-state index in [1.807, 2.05) is 43.5 Å². The fraction of sp³-hybridized carbons (Fsp3) is 0.240. The van der Waals surface area contributed by atoms with E-state index >= 15 is 0 Å². The van der Waals surface area contributed by atoms with Gasteiger partial charge in [-0.2, -0.15) is 0 Å². The molecule has 1 aromatic heterocycles. The zero-order valence-electron chi connectivity index (χ0n) is 18.4. The first-order valence-electron chi connectivity index (χ1n) is 10.8. The van der Waals surface area contributed by atoms with Crippen LogP contribution in [0.25, 0.3) is 17.0 Å². The normalized spacial score (nSPS) is 15.4. The molecule has 3 aromatic rings. The summed E-state index contributed by atoms with van der Waals surface area (Å²) >= 11 is 11.3. The van der Waals surface area contributed by atoms with E-state index in [4.69, 9.17) is 28.6 Å². The monoisotopic (exact) mass is 481 g/mol. The number of rotatable bonds is 7. The lowest BCUT2D eigenvalue weighted by Gasteiger charge is -2.27. The summed E-state index contributed by atoms with van der Waals surface area (Å²) in [4.78, 5) is 26.8. The largest absolute Gasteiger partial charge is 0.490 e. The quantitative estimate of drug-likeness (QED) is 0.305. The molecule has 0 saturated carbocycles. The number of aryl methyl sites for hydroxylation is 1. The highest BCUT2D eigenvalue weighted by Gasteiger charge is 2.32. The highest BCUT2D eigenvalue weighted by molar-refractivity contribution is 7.80. The van der Waals surface area contributed by atoms with Gasteiger partial charge in [0.1, 0.15) is 17.9 Å². The summed E-state index contributed by atoms with van der Waals surface area (Å²) in [7, 11) is 0. The Morgan fingerprint density at radius 2 is 1.91 bits per heavy atom. The second-order valence-corrected chi connectivity index (χ2v) is 8.38. The standard InChI is InChI=1S/C25H24ClN3O3S/c1-3-16-8-7-9-18-17(14-19-23(30)27-25(33)29(4-2)24(19)31)15-28(22(16)18)12-13-32-21-11-6-5-10-20(21)26/h5-11,14-15H,3-4,12-13H2,1-2H3,(H,27,30,33)/b19-14-. The zero-order chi connectivity index (χ0) is 23.5. The number of nitrogens with one attached hydrogen (secondary N) is 1. The predicted octanol–water partition coefficient (Wildman–Crippen LogP) is 4.58. The van der Waals surface area contributed by atoms with Crippen molar-refractivity contribution < 1.29 is 14.3 Å². The molecule has 1 saturated heterocycles. The number of ether oxygens (including phenoxy) is 1. The van der Waals surface area contributed by atoms with Gasteiger partial charge < -0.3 is 9.30 Å². The number of aromatic nitrogens is 1. The van der Waals surface area contributed by atoms with Crippen LogP contribution in [0.2, 0.25) is 5.02 Å². The van der Waals surface area contributed by atoms with Gasteiger partial charge in [0.15, 0.2) is 5.11 Å². The van der Waals surface area contributed by atoms with Crippen LogP contribution < -0.4 is 10.1 Å². The highest BCUT2D eigenvalue weighted by Crippen LogP contribution is 2.29. The van der Waals surface area contributed by atoms with Gasteiger partial charge in [-0.15, -0.1) is 0 Å². The van der Waals surface area contributed by atoms with Crippen LogP contribution >= 0.6 is 23.8 Å². The summed E-state index contributed by atoms with van der Waals surface area (Å²) in [5.74, 6) is -0.237. The van der Waals surface area contributed by atoms with Gasteiger partial charge in [-0.1, -0.05) is 48.9 Å². The second-order valence-electron chi connectivity index (χ2n) is 7.59. The minimum Gasteiger partial charge on any atom is -0.490 e. The third kappa shape index (κ3) is 4.51. The molecular weight excluding hydrogens is 458 g/mol. The van der Waals surface area contributed by atoms with Crippen molar-refractivity contribution in [1.82, 2.24) is 14.8 Å². The number of nitrogens with zero attached hydrogens (tertiary/aromatic N) is 2. The average Bonchev–Trinajstić information content (AvgIpc) is 3.15. The number of thiocarbonyl (C=S) groups is 1. The van der Waals surface area contributed by atoms with Crippen molar-refractivity contribution in [2.24, 2.45) is 0 Å². The molecule has 0 atom stereocenters. The number of carbonyl (C=O) groups is 2. The minimum absolute atomic E-state index is 0.0683. The number of benzene rings is 2. The van der Waals surface area contributed by atoms with E-state index < -0.39 is 5.91 Å². The van der Waals surface area contributed by atoms with E-state index in [0.29, 0.717) is 30.5 Å². The number of likely N-dealkylation sites (N-methyl/N-ethyl adjacent to an activating group) is 1. The van der Waals surface area contributed by atoms with Crippen LogP contribution in [0.4, 0.5) is 0 Å². The van der Waals surface area contributed by atoms with Gasteiger partial charge in [0, 0.05) is 23.7 Å². The van der Waals surface area contributed by atoms with E-state index in [-0.39, 0.29) is 16.6 Å². The second kappa shape index (κ2) is 9.77. The van der Waals surface area contributed by atoms with Crippen LogP contribution in [0.15, 0.2) is 54.2 Å². The Morgan fingerprint density at radius 1 is 1.12 bits per heavy atom. The Morgan fingerprint density at radius 3 is 2.64 bits per heavy atom. The molecule has 0 unspecified atom stereocenters. The molecule has 0 bridgehead atoms. The summed E-state index contributed by atoms with van der Waals surface area (Å²) in [5.41, 5.74) is 3.09. The number of hydrogen-bond acceptors (Lipinski definition) is 4. The van der Waals surface area contributed by atoms with Crippen LogP contribution in [-0.4, -0.2) is 39.5 Å². The number of fused-ring (bicyclic) bond motifs is 1. The summed E-state index contributed by atoms with van der Waals surface area (Å²) in [6.07, 6.45) is 4.45. The van der Waals surface area contributed by atoms with E-state index in [1.54, 1.807) is 12.1 Å². The topological polar surface area (TPSA) is 63.6 Å². The van der Waals surface area contributed by atoms with Crippen LogP contribution in [0.1, 0.15) is 25.0 Å². The third-order valence-corrected chi connectivity index (χ3v) is 6.26. The lowest BCUT2D eigenvalue weighted by molar-refractivity contribution is -0.128. The van der Waals surface area contributed by atoms with Crippen molar-refractivity contribution in [3.8, 4) is 5.75 Å². The van der Waals surface area contributed by atoms with Crippen molar-refractivity contribution >= 4 is 57.7 Å². The van der Waals surface area contributed by atoms with Gasteiger partial charge >= 0.3 is 0 Å². The highest BCUT2D eigenvalue weighted by atomic mass is 35.5. The minimum atomic E-state index is -0.482. The Labute approximate surface area is 202 Å². The molecule has 2 aromatic carbocycles. The molecule has 170 valence electrons. The molecular formula is C25H24ClN3O3S. The third-order valence-electron chi connectivity index (χ3n) is 5.62. The van der Waals surface area contributed by atoms with Gasteiger partial charge in [-0.3, -0.25) is 19.8 Å². The average molecular weight is 482 g/mol. The molecule has 2 amide bonds. The fourth-order valence-electron chi connectivity index (χ4n) is 3.99. The molecule has 8 heteroatoms. The molecule has 1 N–H and O–H groups in total. The van der Waals surface area contributed by atoms with Crippen LogP contribution in [-0.2, 0) is 22.6 Å². The van der Waals surface area contributed by atoms with E-state index in [0.717, 1.165) is 22.9 Å². The fourth-order valence-corrected chi connectivity index (χ4v) is 4.49. The first kappa shape index (κ1) is 23.0. The summed E-state index contributed by atoms with van der Waals surface area (Å²) in [5, 5.41) is 4.28. The maximum Gasteiger partial charge on any atom is 0.265 e. The van der Waals surface area contributed by atoms with Crippen molar-refractivity contribution in [1.29, 1.82) is 0 Å². The van der Waals surface area contributed by atoms with Crippen LogP contribution in [0.5, 0.6) is 5.75 Å². The number of para-hydroxylation sites is 2. The number of amides is 2. The molecule has 6 nitrogen and oxygen atoms in total. The molecule has 0 spiro atoms. The SMILES string of the molecule is CCc1cccc2c(/C=C3/C(=O)NC(=S)N(CC)C3=O)cn(CCOc3ccccc3Cl)c12. The van der Waals surface area contributed by atoms with E-state index in [1.165, 1.54) is 10.5 Å². The van der Waals surface area contributed by atoms with Crippen LogP contribution in [0.3, 0.4) is 0 Å². The van der Waals surface area contributed by atoms with Crippen molar-refractivity contribution in [3.05, 3.63) is 70.4 Å². The molecule has 0 radical (unpaired) electrons. The van der Waals surface area contributed by atoms with E-state index in [2.05, 4.69) is 22.9 Å². The Bertz CT molecular complexity index is 1280. The van der Waals surface area contributed by atoms with Crippen molar-refractivity contribution in [2.45, 2.75) is 26.8 Å². The summed E-state index contributed by atoms with van der Waals surface area (Å²) < 4.78 is 7.99. The zero-order valence-corrected chi connectivity index (χ0v) is 20.0. The Hall–Kier alpha value is -3.16. The summed E-state index contributed by atoms with van der Waals surface area (Å²) in [6, 6.07) is 13.4. The van der Waals surface area contributed by atoms with Gasteiger partial charge in [-0.05, 0) is 49.3 Å². The molecule has 1 aliphatic rings. The maximum atomic E-state index is 12.9. The predicted molar refractivity (Wildman–Crippen MR) is 134 cm³/mol. The van der Waals surface area contributed by atoms with Crippen molar-refractivity contribution in [2.75, 3.05) is 13.2 Å². The van der Waals surface area contributed by atoms with Gasteiger partial charge in [-0.25, -0.2) is 0 Å². The molecule has 1 fully saturated rings. The lowest BCUT2D eigenvalue weighted by atomic mass is 10.0.